The Labute approximate surface area is 70.9 Å². The highest BCUT2D eigenvalue weighted by molar-refractivity contribution is 4.52. The zero-order valence-corrected chi connectivity index (χ0v) is 6.18. The molecule has 0 rings (SSSR count). The van der Waals surface area contributed by atoms with Crippen LogP contribution in [-0.4, -0.2) is 49.5 Å². The highest BCUT2D eigenvalue weighted by Crippen LogP contribution is 1.91. The Bertz CT molecular complexity index is 167. The SMILES string of the molecule is O=[N+]([O-])C(O)C(O)CO.O=[N+]([O-])O. The molecule has 0 aromatic rings. The van der Waals surface area contributed by atoms with E-state index in [9.17, 15) is 10.1 Å². The first-order valence-electron chi connectivity index (χ1n) is 2.76. The fraction of sp³-hybridized carbons (Fsp3) is 1.00. The van der Waals surface area contributed by atoms with Crippen LogP contribution in [0.3, 0.4) is 0 Å². The molecule has 4 N–H and O–H groups in total. The van der Waals surface area contributed by atoms with Gasteiger partial charge in [-0.2, -0.15) is 0 Å². The van der Waals surface area contributed by atoms with E-state index >= 15 is 0 Å². The van der Waals surface area contributed by atoms with E-state index in [0.29, 0.717) is 0 Å². The minimum atomic E-state index is -2.09. The van der Waals surface area contributed by atoms with E-state index in [1.165, 1.54) is 0 Å². The molecule has 0 heterocycles. The molecule has 0 radical (unpaired) electrons. The molecule has 0 fully saturated rings. The van der Waals surface area contributed by atoms with Crippen molar-refractivity contribution in [2.45, 2.75) is 12.3 Å². The van der Waals surface area contributed by atoms with Crippen molar-refractivity contribution in [2.24, 2.45) is 0 Å². The van der Waals surface area contributed by atoms with Crippen molar-refractivity contribution in [1.29, 1.82) is 0 Å². The van der Waals surface area contributed by atoms with Gasteiger partial charge in [-0.15, -0.1) is 10.1 Å². The molecule has 0 aliphatic carbocycles. The lowest BCUT2D eigenvalue weighted by molar-refractivity contribution is -0.742. The lowest BCUT2D eigenvalue weighted by atomic mass is 10.3. The number of aliphatic hydroxyl groups is 3. The summed E-state index contributed by atoms with van der Waals surface area (Å²) in [6, 6.07) is 0. The first kappa shape index (κ1) is 14.0. The molecule has 0 aliphatic rings. The van der Waals surface area contributed by atoms with Crippen molar-refractivity contribution in [3.8, 4) is 0 Å². The van der Waals surface area contributed by atoms with Gasteiger partial charge in [0.25, 0.3) is 5.09 Å². The van der Waals surface area contributed by atoms with Gasteiger partial charge in [-0.3, -0.25) is 10.1 Å². The Balaban J connectivity index is 0. The minimum Gasteiger partial charge on any atom is -0.393 e. The predicted octanol–water partition coefficient (Wildman–Crippen LogP) is -2.41. The molecule has 2 unspecified atom stereocenters. The van der Waals surface area contributed by atoms with Crippen molar-refractivity contribution in [1.82, 2.24) is 0 Å². The monoisotopic (exact) mass is 200 g/mol. The first-order chi connectivity index (χ1) is 5.82. The van der Waals surface area contributed by atoms with Crippen LogP contribution < -0.4 is 0 Å². The Morgan fingerprint density at radius 1 is 1.23 bits per heavy atom. The van der Waals surface area contributed by atoms with Crippen molar-refractivity contribution in [3.63, 3.8) is 0 Å². The van der Waals surface area contributed by atoms with Gasteiger partial charge >= 0.3 is 6.23 Å². The van der Waals surface area contributed by atoms with Crippen LogP contribution in [0.15, 0.2) is 0 Å². The summed E-state index contributed by atoms with van der Waals surface area (Å²) in [6.45, 7) is -0.817. The molecule has 0 aromatic heterocycles. The van der Waals surface area contributed by atoms with Crippen LogP contribution in [0.5, 0.6) is 0 Å². The summed E-state index contributed by atoms with van der Waals surface area (Å²) in [5, 5.41) is 47.9. The van der Waals surface area contributed by atoms with E-state index < -0.39 is 28.9 Å². The number of rotatable bonds is 3. The second-order valence-corrected chi connectivity index (χ2v) is 1.69. The van der Waals surface area contributed by atoms with Crippen molar-refractivity contribution >= 4 is 0 Å². The Kier molecular flexibility index (Phi) is 7.71. The standard InChI is InChI=1S/C3H7NO5.HNO3/c5-1-2(6)3(7)4(8)9;2-1(3)4/h2-3,5-7H,1H2;(H,2,3,4). The molecule has 78 valence electrons. The van der Waals surface area contributed by atoms with E-state index in [2.05, 4.69) is 0 Å². The molecular formula is C3H8N2O8. The summed E-state index contributed by atoms with van der Waals surface area (Å²) >= 11 is 0. The second-order valence-electron chi connectivity index (χ2n) is 1.69. The maximum Gasteiger partial charge on any atom is 0.341 e. The zero-order valence-electron chi connectivity index (χ0n) is 6.18. The molecule has 0 saturated carbocycles. The van der Waals surface area contributed by atoms with Gasteiger partial charge in [0.2, 0.25) is 0 Å². The maximum atomic E-state index is 9.58. The highest BCUT2D eigenvalue weighted by atomic mass is 16.9. The van der Waals surface area contributed by atoms with E-state index in [-0.39, 0.29) is 0 Å². The van der Waals surface area contributed by atoms with Gasteiger partial charge in [-0.1, -0.05) is 0 Å². The molecule has 2 atom stereocenters. The molecular weight excluding hydrogens is 192 g/mol. The average Bonchev–Trinajstić information content (AvgIpc) is 2.00. The number of hydrogen-bond donors (Lipinski definition) is 4. The summed E-state index contributed by atoms with van der Waals surface area (Å²) in [5.41, 5.74) is 0. The predicted molar refractivity (Wildman–Crippen MR) is 34.9 cm³/mol. The van der Waals surface area contributed by atoms with Gasteiger partial charge in [0.1, 0.15) is 0 Å². The third-order valence-electron chi connectivity index (χ3n) is 0.747. The molecule has 0 bridgehead atoms. The van der Waals surface area contributed by atoms with Crippen LogP contribution >= 0.6 is 0 Å². The van der Waals surface area contributed by atoms with Crippen molar-refractivity contribution in [3.05, 3.63) is 20.2 Å². The number of hydrogen-bond acceptors (Lipinski definition) is 7. The third-order valence-corrected chi connectivity index (χ3v) is 0.747. The van der Waals surface area contributed by atoms with E-state index in [0.717, 1.165) is 0 Å². The second kappa shape index (κ2) is 7.15. The molecule has 0 saturated heterocycles. The summed E-state index contributed by atoms with van der Waals surface area (Å²) < 4.78 is 0. The third kappa shape index (κ3) is 10.5. The molecule has 10 nitrogen and oxygen atoms in total. The van der Waals surface area contributed by atoms with Crippen LogP contribution in [0.25, 0.3) is 0 Å². The molecule has 0 spiro atoms. The Hall–Kier alpha value is -1.52. The zero-order chi connectivity index (χ0) is 11.0. The fourth-order valence-electron chi connectivity index (χ4n) is 0.235. The topological polar surface area (TPSA) is 167 Å². The van der Waals surface area contributed by atoms with Gasteiger partial charge in [-0.05, 0) is 0 Å². The smallest absolute Gasteiger partial charge is 0.341 e. The van der Waals surface area contributed by atoms with Crippen LogP contribution in [0.2, 0.25) is 0 Å². The van der Waals surface area contributed by atoms with Gasteiger partial charge in [0.15, 0.2) is 6.10 Å². The molecule has 10 heteroatoms. The summed E-state index contributed by atoms with van der Waals surface area (Å²) in [4.78, 5) is 16.9. The highest BCUT2D eigenvalue weighted by Gasteiger charge is 2.25. The van der Waals surface area contributed by atoms with E-state index in [1.54, 1.807) is 0 Å². The van der Waals surface area contributed by atoms with Gasteiger partial charge in [0.05, 0.1) is 11.5 Å². The number of aliphatic hydroxyl groups excluding tert-OH is 3. The largest absolute Gasteiger partial charge is 0.393 e. The van der Waals surface area contributed by atoms with Crippen LogP contribution in [0.1, 0.15) is 0 Å². The first-order valence-corrected chi connectivity index (χ1v) is 2.76. The molecule has 0 aliphatic heterocycles. The van der Waals surface area contributed by atoms with Crippen molar-refractivity contribution in [2.75, 3.05) is 6.61 Å². The summed E-state index contributed by atoms with van der Waals surface area (Å²) in [6.07, 6.45) is -3.78. The maximum absolute atomic E-state index is 9.58. The molecule has 13 heavy (non-hydrogen) atoms. The van der Waals surface area contributed by atoms with Crippen LogP contribution in [0.4, 0.5) is 0 Å². The number of nitrogens with zero attached hydrogens (tertiary/aromatic N) is 2. The summed E-state index contributed by atoms with van der Waals surface area (Å²) in [7, 11) is 0. The van der Waals surface area contributed by atoms with E-state index in [1.807, 2.05) is 0 Å². The molecule has 0 aromatic carbocycles. The van der Waals surface area contributed by atoms with Gasteiger partial charge in [0, 0.05) is 0 Å². The van der Waals surface area contributed by atoms with Crippen LogP contribution in [-0.2, 0) is 0 Å². The minimum absolute atomic E-state index is 0.817. The summed E-state index contributed by atoms with van der Waals surface area (Å²) in [5.74, 6) is 0. The van der Waals surface area contributed by atoms with Gasteiger partial charge < -0.3 is 20.5 Å². The Morgan fingerprint density at radius 2 is 1.54 bits per heavy atom. The molecule has 0 amide bonds. The lowest BCUT2D eigenvalue weighted by Crippen LogP contribution is -2.35. The normalized spacial score (nSPS) is 13.5. The number of nitro groups is 1. The average molecular weight is 200 g/mol. The quantitative estimate of drug-likeness (QED) is 0.222. The van der Waals surface area contributed by atoms with E-state index in [4.69, 9.17) is 30.6 Å². The van der Waals surface area contributed by atoms with Gasteiger partial charge in [-0.25, -0.2) is 0 Å². The lowest BCUT2D eigenvalue weighted by Gasteiger charge is -2.05. The van der Waals surface area contributed by atoms with Crippen molar-refractivity contribution < 1.29 is 30.5 Å². The Morgan fingerprint density at radius 3 is 1.62 bits per heavy atom. The fourth-order valence-corrected chi connectivity index (χ4v) is 0.235. The van der Waals surface area contributed by atoms with Crippen LogP contribution in [0, 0.1) is 20.2 Å².